The number of urea groups is 1. The van der Waals surface area contributed by atoms with E-state index in [0.29, 0.717) is 22.7 Å². The highest BCUT2D eigenvalue weighted by Gasteiger charge is 2.31. The molecule has 0 unspecified atom stereocenters. The van der Waals surface area contributed by atoms with E-state index in [1.165, 1.54) is 12.0 Å². The van der Waals surface area contributed by atoms with E-state index < -0.39 is 27.2 Å². The van der Waals surface area contributed by atoms with Gasteiger partial charge in [0.1, 0.15) is 5.75 Å². The van der Waals surface area contributed by atoms with Crippen LogP contribution in [0.2, 0.25) is 0 Å². The van der Waals surface area contributed by atoms with Crippen molar-refractivity contribution < 1.29 is 27.5 Å². The van der Waals surface area contributed by atoms with Crippen molar-refractivity contribution in [1.82, 2.24) is 5.32 Å². The number of sulfone groups is 1. The Morgan fingerprint density at radius 3 is 2.44 bits per heavy atom. The number of hydrogen-bond donors (Lipinski definition) is 2. The van der Waals surface area contributed by atoms with Crippen molar-refractivity contribution in [3.05, 3.63) is 52.6 Å². The Hall–Kier alpha value is -3.40. The van der Waals surface area contributed by atoms with Gasteiger partial charge in [-0.2, -0.15) is 0 Å². The molecule has 4 amide bonds. The molecule has 0 bridgehead atoms. The highest BCUT2D eigenvalue weighted by atomic mass is 32.2. The number of benzene rings is 2. The Bertz CT molecular complexity index is 1310. The summed E-state index contributed by atoms with van der Waals surface area (Å²) in [5.74, 6) is -0.476. The van der Waals surface area contributed by atoms with Gasteiger partial charge in [0.25, 0.3) is 5.91 Å². The second-order valence-corrected chi connectivity index (χ2v) is 11.6. The molecule has 180 valence electrons. The first-order valence-corrected chi connectivity index (χ1v) is 12.7. The van der Waals surface area contributed by atoms with E-state index in [9.17, 15) is 22.8 Å². The Morgan fingerprint density at radius 1 is 1.09 bits per heavy atom. The third kappa shape index (κ3) is 4.63. The van der Waals surface area contributed by atoms with Crippen LogP contribution in [-0.2, 0) is 31.6 Å². The number of carbonyl (C=O) groups excluding carboxylic acids is 3. The molecule has 2 aromatic carbocycles. The number of nitrogens with zero attached hydrogens (tertiary/aromatic N) is 1. The molecule has 2 aromatic rings. The third-order valence-electron chi connectivity index (χ3n) is 5.91. The number of anilines is 2. The van der Waals surface area contributed by atoms with Crippen LogP contribution in [0, 0.1) is 0 Å². The van der Waals surface area contributed by atoms with E-state index in [-0.39, 0.29) is 35.9 Å². The summed E-state index contributed by atoms with van der Waals surface area (Å²) in [7, 11) is -1.68. The maximum Gasteiger partial charge on any atom is 0.328 e. The van der Waals surface area contributed by atoms with Crippen LogP contribution in [0.4, 0.5) is 16.2 Å². The summed E-state index contributed by atoms with van der Waals surface area (Å²) in [6.07, 6.45) is 0.155. The summed E-state index contributed by atoms with van der Waals surface area (Å²) in [6, 6.07) is 7.86. The maximum absolute atomic E-state index is 13.4. The summed E-state index contributed by atoms with van der Waals surface area (Å²) in [5, 5.41) is 5.13. The predicted molar refractivity (Wildman–Crippen MR) is 128 cm³/mol. The predicted octanol–water partition coefficient (Wildman–Crippen LogP) is 3.12. The van der Waals surface area contributed by atoms with Gasteiger partial charge in [0.05, 0.1) is 24.2 Å². The molecule has 0 atom stereocenters. The highest BCUT2D eigenvalue weighted by Crippen LogP contribution is 2.38. The summed E-state index contributed by atoms with van der Waals surface area (Å²) < 4.78 is 29.5. The van der Waals surface area contributed by atoms with Gasteiger partial charge in [0.2, 0.25) is 5.91 Å². The standard InChI is InChI=1S/C24H27N3O6S/c1-24(2,3)19-11-17(27-8-7-20(28)26-23(27)30)10-18(21(19)33-4)22(29)25-16-6-5-14-12-34(31,32)13-15(14)9-16/h5-6,9-11H,7-8,12-13H2,1-4H3,(H,25,29)(H,26,28,30). The fraction of sp³-hybridized carbons (Fsp3) is 0.375. The number of amides is 4. The van der Waals surface area contributed by atoms with Gasteiger partial charge >= 0.3 is 6.03 Å². The molecule has 0 saturated carbocycles. The van der Waals surface area contributed by atoms with Crippen LogP contribution in [0.15, 0.2) is 30.3 Å². The first kappa shape index (κ1) is 23.7. The molecule has 0 aliphatic carbocycles. The second-order valence-electron chi connectivity index (χ2n) is 9.55. The third-order valence-corrected chi connectivity index (χ3v) is 7.41. The van der Waals surface area contributed by atoms with Gasteiger partial charge < -0.3 is 10.1 Å². The van der Waals surface area contributed by atoms with E-state index in [2.05, 4.69) is 10.6 Å². The van der Waals surface area contributed by atoms with Crippen molar-refractivity contribution in [2.45, 2.75) is 44.1 Å². The first-order chi connectivity index (χ1) is 15.9. The molecule has 1 fully saturated rings. The zero-order chi connectivity index (χ0) is 24.8. The average molecular weight is 486 g/mol. The summed E-state index contributed by atoms with van der Waals surface area (Å²) in [5.41, 5.74) is 2.88. The average Bonchev–Trinajstić information content (AvgIpc) is 3.05. The molecule has 0 aromatic heterocycles. The van der Waals surface area contributed by atoms with Crippen molar-refractivity contribution >= 4 is 39.1 Å². The van der Waals surface area contributed by atoms with Crippen molar-refractivity contribution in [3.8, 4) is 5.75 Å². The Balaban J connectivity index is 1.73. The summed E-state index contributed by atoms with van der Waals surface area (Å²) in [6.45, 7) is 6.10. The second kappa shape index (κ2) is 8.43. The molecule has 9 nitrogen and oxygen atoms in total. The van der Waals surface area contributed by atoms with Crippen LogP contribution in [0.5, 0.6) is 5.75 Å². The van der Waals surface area contributed by atoms with Crippen LogP contribution < -0.4 is 20.3 Å². The molecule has 2 aliphatic heterocycles. The van der Waals surface area contributed by atoms with Crippen LogP contribution in [0.3, 0.4) is 0 Å². The van der Waals surface area contributed by atoms with Gasteiger partial charge in [-0.05, 0) is 40.8 Å². The van der Waals surface area contributed by atoms with E-state index >= 15 is 0 Å². The molecule has 0 spiro atoms. The fourth-order valence-electron chi connectivity index (χ4n) is 4.23. The van der Waals surface area contributed by atoms with Crippen molar-refractivity contribution in [3.63, 3.8) is 0 Å². The van der Waals surface area contributed by atoms with Gasteiger partial charge in [-0.1, -0.05) is 26.8 Å². The van der Waals surface area contributed by atoms with Gasteiger partial charge in [-0.3, -0.25) is 19.8 Å². The van der Waals surface area contributed by atoms with E-state index in [1.807, 2.05) is 20.8 Å². The fourth-order valence-corrected chi connectivity index (χ4v) is 5.83. The van der Waals surface area contributed by atoms with Gasteiger partial charge in [-0.15, -0.1) is 0 Å². The van der Waals surface area contributed by atoms with E-state index in [0.717, 1.165) is 11.1 Å². The Kier molecular flexibility index (Phi) is 5.89. The number of carbonyl (C=O) groups is 3. The zero-order valence-corrected chi connectivity index (χ0v) is 20.3. The molecular formula is C24H27N3O6S. The SMILES string of the molecule is COc1c(C(=O)Nc2ccc3c(c2)CS(=O)(=O)C3)cc(N2CCC(=O)NC2=O)cc1C(C)(C)C. The quantitative estimate of drug-likeness (QED) is 0.686. The minimum atomic E-state index is -3.16. The molecule has 10 heteroatoms. The molecule has 34 heavy (non-hydrogen) atoms. The lowest BCUT2D eigenvalue weighted by molar-refractivity contribution is -0.120. The van der Waals surface area contributed by atoms with Crippen molar-refractivity contribution in [2.75, 3.05) is 23.9 Å². The van der Waals surface area contributed by atoms with Gasteiger partial charge in [0.15, 0.2) is 9.84 Å². The first-order valence-electron chi connectivity index (χ1n) is 10.9. The highest BCUT2D eigenvalue weighted by molar-refractivity contribution is 7.90. The number of rotatable bonds is 4. The van der Waals surface area contributed by atoms with Crippen molar-refractivity contribution in [1.29, 1.82) is 0 Å². The summed E-state index contributed by atoms with van der Waals surface area (Å²) in [4.78, 5) is 38.9. The molecule has 2 heterocycles. The number of hydrogen-bond acceptors (Lipinski definition) is 6. The topological polar surface area (TPSA) is 122 Å². The molecule has 0 radical (unpaired) electrons. The lowest BCUT2D eigenvalue weighted by atomic mass is 9.84. The summed E-state index contributed by atoms with van der Waals surface area (Å²) >= 11 is 0. The Labute approximate surface area is 198 Å². The van der Waals surface area contributed by atoms with E-state index in [1.54, 1.807) is 30.3 Å². The van der Waals surface area contributed by atoms with Crippen LogP contribution in [0.25, 0.3) is 0 Å². The molecule has 4 rings (SSSR count). The minimum Gasteiger partial charge on any atom is -0.496 e. The number of ether oxygens (including phenoxy) is 1. The lowest BCUT2D eigenvalue weighted by Gasteiger charge is -2.30. The lowest BCUT2D eigenvalue weighted by Crippen LogP contribution is -2.49. The number of methoxy groups -OCH3 is 1. The van der Waals surface area contributed by atoms with E-state index in [4.69, 9.17) is 4.74 Å². The maximum atomic E-state index is 13.4. The van der Waals surface area contributed by atoms with Crippen LogP contribution in [0.1, 0.15) is 54.2 Å². The molecule has 2 N–H and O–H groups in total. The van der Waals surface area contributed by atoms with Gasteiger partial charge in [0, 0.05) is 29.9 Å². The largest absolute Gasteiger partial charge is 0.496 e. The zero-order valence-electron chi connectivity index (χ0n) is 19.5. The number of fused-ring (bicyclic) bond motifs is 1. The monoisotopic (exact) mass is 485 g/mol. The molecule has 1 saturated heterocycles. The smallest absolute Gasteiger partial charge is 0.328 e. The van der Waals surface area contributed by atoms with Gasteiger partial charge in [-0.25, -0.2) is 13.2 Å². The van der Waals surface area contributed by atoms with Crippen LogP contribution >= 0.6 is 0 Å². The van der Waals surface area contributed by atoms with Crippen LogP contribution in [-0.4, -0.2) is 39.9 Å². The Morgan fingerprint density at radius 2 is 1.79 bits per heavy atom. The minimum absolute atomic E-state index is 0.00176. The molecule has 2 aliphatic rings. The number of nitrogens with one attached hydrogen (secondary N) is 2. The number of imide groups is 1. The normalized spacial score (nSPS) is 17.2. The molecular weight excluding hydrogens is 458 g/mol. The van der Waals surface area contributed by atoms with Crippen molar-refractivity contribution in [2.24, 2.45) is 0 Å².